The molecule has 1 atom stereocenters. The first-order valence-corrected chi connectivity index (χ1v) is 7.94. The third kappa shape index (κ3) is 3.11. The fraction of sp³-hybridized carbons (Fsp3) is 0.588. The first-order valence-electron chi connectivity index (χ1n) is 7.94. The van der Waals surface area contributed by atoms with Crippen molar-refractivity contribution in [1.82, 2.24) is 10.2 Å². The minimum absolute atomic E-state index is 0.0153. The number of hydrogen-bond acceptors (Lipinski definition) is 3. The lowest BCUT2D eigenvalue weighted by Crippen LogP contribution is -2.44. The minimum atomic E-state index is -0.900. The number of carbonyl (C=O) groups is 1. The summed E-state index contributed by atoms with van der Waals surface area (Å²) in [6.45, 7) is 3.75. The Bertz CT molecular complexity index is 527. The van der Waals surface area contributed by atoms with Gasteiger partial charge < -0.3 is 10.4 Å². The van der Waals surface area contributed by atoms with Gasteiger partial charge in [-0.2, -0.15) is 0 Å². The molecule has 114 valence electrons. The van der Waals surface area contributed by atoms with E-state index in [1.165, 1.54) is 18.4 Å². The number of hydrogen-bond donors (Lipinski definition) is 2. The molecule has 0 heterocycles. The topological polar surface area (TPSA) is 52.6 Å². The molecule has 4 heteroatoms. The second kappa shape index (κ2) is 5.78. The zero-order chi connectivity index (χ0) is 14.9. The zero-order valence-corrected chi connectivity index (χ0v) is 12.6. The average Bonchev–Trinajstić information content (AvgIpc) is 3.29. The lowest BCUT2D eigenvalue weighted by atomic mass is 9.96. The van der Waals surface area contributed by atoms with Gasteiger partial charge in [0.15, 0.2) is 0 Å². The number of amides is 1. The molecule has 0 aliphatic heterocycles. The smallest absolute Gasteiger partial charge is 0.234 e. The summed E-state index contributed by atoms with van der Waals surface area (Å²) in [6, 6.07) is 8.56. The van der Waals surface area contributed by atoms with E-state index in [0.717, 1.165) is 18.5 Å². The number of likely N-dealkylation sites (N-methyl/N-ethyl adjacent to an activating group) is 1. The van der Waals surface area contributed by atoms with Crippen LogP contribution in [-0.2, 0) is 16.8 Å². The molecule has 0 spiro atoms. The van der Waals surface area contributed by atoms with E-state index in [4.69, 9.17) is 0 Å². The van der Waals surface area contributed by atoms with Crippen molar-refractivity contribution >= 4 is 5.91 Å². The summed E-state index contributed by atoms with van der Waals surface area (Å²) >= 11 is 0. The number of fused-ring (bicyclic) bond motifs is 1. The molecule has 0 saturated heterocycles. The minimum Gasteiger partial charge on any atom is -0.383 e. The van der Waals surface area contributed by atoms with Crippen LogP contribution in [0.3, 0.4) is 0 Å². The first-order chi connectivity index (χ1) is 10.1. The van der Waals surface area contributed by atoms with E-state index in [1.54, 1.807) is 0 Å². The maximum absolute atomic E-state index is 12.1. The van der Waals surface area contributed by atoms with Crippen LogP contribution in [-0.4, -0.2) is 41.6 Å². The second-order valence-electron chi connectivity index (χ2n) is 6.26. The van der Waals surface area contributed by atoms with Gasteiger partial charge >= 0.3 is 0 Å². The third-order valence-corrected chi connectivity index (χ3v) is 4.72. The van der Waals surface area contributed by atoms with Crippen LogP contribution in [0.25, 0.3) is 0 Å². The van der Waals surface area contributed by atoms with Gasteiger partial charge in [0.05, 0.1) is 13.1 Å². The van der Waals surface area contributed by atoms with E-state index < -0.39 is 5.60 Å². The summed E-state index contributed by atoms with van der Waals surface area (Å²) in [6.07, 6.45) is 3.98. The van der Waals surface area contributed by atoms with Gasteiger partial charge in [-0.15, -0.1) is 0 Å². The van der Waals surface area contributed by atoms with Gasteiger partial charge in [0.25, 0.3) is 0 Å². The molecule has 1 unspecified atom stereocenters. The molecule has 2 aliphatic rings. The largest absolute Gasteiger partial charge is 0.383 e. The number of rotatable bonds is 6. The molecule has 1 aromatic rings. The molecule has 2 N–H and O–H groups in total. The standard InChI is InChI=1S/C17H24N2O2/c1-2-19(14-7-8-14)11-16(20)18-12-17(21)10-9-13-5-3-4-6-15(13)17/h3-6,14,21H,2,7-12H2,1H3,(H,18,20). The van der Waals surface area contributed by atoms with Crippen LogP contribution < -0.4 is 5.32 Å². The van der Waals surface area contributed by atoms with Crippen molar-refractivity contribution in [2.24, 2.45) is 0 Å². The lowest BCUT2D eigenvalue weighted by Gasteiger charge is -2.25. The highest BCUT2D eigenvalue weighted by Crippen LogP contribution is 2.36. The number of nitrogens with one attached hydrogen (secondary N) is 1. The molecular weight excluding hydrogens is 264 g/mol. The second-order valence-corrected chi connectivity index (χ2v) is 6.26. The Labute approximate surface area is 126 Å². The van der Waals surface area contributed by atoms with E-state index in [2.05, 4.69) is 23.2 Å². The van der Waals surface area contributed by atoms with Crippen molar-refractivity contribution in [3.63, 3.8) is 0 Å². The van der Waals surface area contributed by atoms with Crippen LogP contribution in [0, 0.1) is 0 Å². The van der Waals surface area contributed by atoms with E-state index in [-0.39, 0.29) is 5.91 Å². The highest BCUT2D eigenvalue weighted by Gasteiger charge is 2.37. The van der Waals surface area contributed by atoms with Gasteiger partial charge in [-0.05, 0) is 43.4 Å². The first kappa shape index (κ1) is 14.5. The predicted octanol–water partition coefficient (Wildman–Crippen LogP) is 1.42. The number of aryl methyl sites for hydroxylation is 1. The van der Waals surface area contributed by atoms with Crippen LogP contribution in [0.1, 0.15) is 37.3 Å². The van der Waals surface area contributed by atoms with Crippen molar-refractivity contribution < 1.29 is 9.90 Å². The van der Waals surface area contributed by atoms with Gasteiger partial charge in [0.2, 0.25) is 5.91 Å². The third-order valence-electron chi connectivity index (χ3n) is 4.72. The maximum Gasteiger partial charge on any atom is 0.234 e. The Balaban J connectivity index is 1.56. The normalized spacial score (nSPS) is 24.1. The molecule has 0 aromatic heterocycles. The van der Waals surface area contributed by atoms with E-state index >= 15 is 0 Å². The van der Waals surface area contributed by atoms with Crippen LogP contribution in [0.5, 0.6) is 0 Å². The van der Waals surface area contributed by atoms with Gasteiger partial charge in [-0.25, -0.2) is 0 Å². The van der Waals surface area contributed by atoms with Crippen molar-refractivity contribution in [3.8, 4) is 0 Å². The summed E-state index contributed by atoms with van der Waals surface area (Å²) in [4.78, 5) is 14.3. The van der Waals surface area contributed by atoms with E-state index in [1.807, 2.05) is 18.2 Å². The van der Waals surface area contributed by atoms with Crippen molar-refractivity contribution in [2.45, 2.75) is 44.2 Å². The molecule has 1 saturated carbocycles. The molecule has 1 fully saturated rings. The molecule has 1 aromatic carbocycles. The maximum atomic E-state index is 12.1. The Kier molecular flexibility index (Phi) is 4.00. The highest BCUT2D eigenvalue weighted by atomic mass is 16.3. The molecule has 21 heavy (non-hydrogen) atoms. The van der Waals surface area contributed by atoms with Gasteiger partial charge in [-0.3, -0.25) is 9.69 Å². The fourth-order valence-electron chi connectivity index (χ4n) is 3.28. The van der Waals surface area contributed by atoms with Crippen LogP contribution in [0.4, 0.5) is 0 Å². The average molecular weight is 288 g/mol. The fourth-order valence-corrected chi connectivity index (χ4v) is 3.28. The monoisotopic (exact) mass is 288 g/mol. The molecule has 2 aliphatic carbocycles. The van der Waals surface area contributed by atoms with Crippen molar-refractivity contribution in [2.75, 3.05) is 19.6 Å². The molecular formula is C17H24N2O2. The molecule has 1 amide bonds. The van der Waals surface area contributed by atoms with E-state index in [0.29, 0.717) is 25.6 Å². The lowest BCUT2D eigenvalue weighted by molar-refractivity contribution is -0.123. The van der Waals surface area contributed by atoms with Crippen molar-refractivity contribution in [1.29, 1.82) is 0 Å². The number of carbonyl (C=O) groups excluding carboxylic acids is 1. The van der Waals surface area contributed by atoms with Gasteiger partial charge in [-0.1, -0.05) is 31.2 Å². The van der Waals surface area contributed by atoms with E-state index in [9.17, 15) is 9.90 Å². The Morgan fingerprint density at radius 3 is 2.90 bits per heavy atom. The molecule has 4 nitrogen and oxygen atoms in total. The van der Waals surface area contributed by atoms with Gasteiger partial charge in [0, 0.05) is 6.04 Å². The molecule has 0 bridgehead atoms. The SMILES string of the molecule is CCN(CC(=O)NCC1(O)CCc2ccccc21)C1CC1. The molecule has 0 radical (unpaired) electrons. The van der Waals surface area contributed by atoms with Crippen LogP contribution in [0.15, 0.2) is 24.3 Å². The summed E-state index contributed by atoms with van der Waals surface area (Å²) in [5, 5.41) is 13.7. The zero-order valence-electron chi connectivity index (χ0n) is 12.6. The quantitative estimate of drug-likeness (QED) is 0.832. The number of aliphatic hydroxyl groups is 1. The summed E-state index contributed by atoms with van der Waals surface area (Å²) in [5.74, 6) is 0.0153. The summed E-state index contributed by atoms with van der Waals surface area (Å²) in [5.41, 5.74) is 1.27. The van der Waals surface area contributed by atoms with Crippen LogP contribution >= 0.6 is 0 Å². The van der Waals surface area contributed by atoms with Crippen LogP contribution in [0.2, 0.25) is 0 Å². The number of nitrogens with zero attached hydrogens (tertiary/aromatic N) is 1. The number of benzene rings is 1. The Morgan fingerprint density at radius 2 is 2.19 bits per heavy atom. The summed E-state index contributed by atoms with van der Waals surface area (Å²) < 4.78 is 0. The van der Waals surface area contributed by atoms with Crippen molar-refractivity contribution in [3.05, 3.63) is 35.4 Å². The summed E-state index contributed by atoms with van der Waals surface area (Å²) in [7, 11) is 0. The predicted molar refractivity (Wildman–Crippen MR) is 81.9 cm³/mol. The Morgan fingerprint density at radius 1 is 1.43 bits per heavy atom. The van der Waals surface area contributed by atoms with Gasteiger partial charge in [0.1, 0.15) is 5.60 Å². The molecule has 3 rings (SSSR count). The Hall–Kier alpha value is -1.39. The highest BCUT2D eigenvalue weighted by molar-refractivity contribution is 5.78.